The van der Waals surface area contributed by atoms with Crippen molar-refractivity contribution in [2.24, 2.45) is 0 Å². The van der Waals surface area contributed by atoms with Gasteiger partial charge in [-0.2, -0.15) is 0 Å². The van der Waals surface area contributed by atoms with Crippen molar-refractivity contribution in [3.05, 3.63) is 53.1 Å². The second-order valence-corrected chi connectivity index (χ2v) is 5.08. The Morgan fingerprint density at radius 2 is 1.68 bits per heavy atom. The third kappa shape index (κ3) is 4.54. The van der Waals surface area contributed by atoms with Crippen LogP contribution in [0.4, 0.5) is 0 Å². The van der Waals surface area contributed by atoms with Gasteiger partial charge in [0, 0.05) is 6.08 Å². The number of ether oxygens (including phenoxy) is 2. The Hall–Kier alpha value is -3.41. The standard InChI is InChI=1S/C19H18O6/c1-24-16-10-12(4-7-15(16)20)3-6-14-9-13(5-8-18(21)22)11-17(25-2)19(14)23/h3-11,20,23H,1-2H3,(H,21,22)/p-1/b6-3+,8-5+. The summed E-state index contributed by atoms with van der Waals surface area (Å²) >= 11 is 0. The first-order valence-electron chi connectivity index (χ1n) is 7.29. The molecule has 0 radical (unpaired) electrons. The maximum Gasteiger partial charge on any atom is 0.328 e. The number of benzene rings is 2. The largest absolute Gasteiger partial charge is 0.870 e. The second kappa shape index (κ2) is 7.92. The Labute approximate surface area is 144 Å². The fraction of sp³-hybridized carbons (Fsp3) is 0.105. The first-order chi connectivity index (χ1) is 11.9. The van der Waals surface area contributed by atoms with E-state index in [0.717, 1.165) is 11.6 Å². The molecule has 0 aliphatic rings. The average Bonchev–Trinajstić information content (AvgIpc) is 2.60. The van der Waals surface area contributed by atoms with Crippen molar-refractivity contribution in [2.45, 2.75) is 0 Å². The molecule has 2 aromatic rings. The van der Waals surface area contributed by atoms with Gasteiger partial charge in [-0.05, 0) is 47.0 Å². The smallest absolute Gasteiger partial charge is 0.328 e. The molecule has 0 saturated carbocycles. The highest BCUT2D eigenvalue weighted by Crippen LogP contribution is 2.32. The van der Waals surface area contributed by atoms with Gasteiger partial charge in [-0.1, -0.05) is 24.0 Å². The van der Waals surface area contributed by atoms with Gasteiger partial charge in [0.1, 0.15) is 5.75 Å². The van der Waals surface area contributed by atoms with Crippen LogP contribution in [0.1, 0.15) is 16.7 Å². The number of hydrogen-bond acceptors (Lipinski definition) is 5. The summed E-state index contributed by atoms with van der Waals surface area (Å²) in [6.07, 6.45) is 5.64. The molecule has 0 amide bonds. The highest BCUT2D eigenvalue weighted by molar-refractivity contribution is 5.86. The van der Waals surface area contributed by atoms with Crippen molar-refractivity contribution < 1.29 is 29.6 Å². The average molecular weight is 341 g/mol. The molecule has 0 bridgehead atoms. The number of aliphatic carboxylic acids is 1. The van der Waals surface area contributed by atoms with Gasteiger partial charge in [-0.15, -0.1) is 0 Å². The summed E-state index contributed by atoms with van der Waals surface area (Å²) in [6.45, 7) is 0. The lowest BCUT2D eigenvalue weighted by Gasteiger charge is -2.17. The molecule has 130 valence electrons. The predicted octanol–water partition coefficient (Wildman–Crippen LogP) is 2.75. The number of methoxy groups -OCH3 is 2. The zero-order valence-corrected chi connectivity index (χ0v) is 13.7. The molecule has 0 spiro atoms. The van der Waals surface area contributed by atoms with Crippen molar-refractivity contribution in [2.75, 3.05) is 14.2 Å². The molecule has 0 heterocycles. The molecule has 0 aromatic heterocycles. The van der Waals surface area contributed by atoms with Crippen LogP contribution in [0.15, 0.2) is 36.4 Å². The van der Waals surface area contributed by atoms with E-state index in [2.05, 4.69) is 0 Å². The molecule has 0 atom stereocenters. The van der Waals surface area contributed by atoms with Gasteiger partial charge < -0.3 is 24.8 Å². The molecule has 2 N–H and O–H groups in total. The highest BCUT2D eigenvalue weighted by Gasteiger charge is 2.03. The topological polar surface area (TPSA) is 99.1 Å². The molecule has 6 heteroatoms. The third-order valence-corrected chi connectivity index (χ3v) is 3.40. The minimum Gasteiger partial charge on any atom is -0.870 e. The molecule has 2 rings (SSSR count). The van der Waals surface area contributed by atoms with Crippen LogP contribution >= 0.6 is 0 Å². The van der Waals surface area contributed by atoms with Crippen molar-refractivity contribution in [3.63, 3.8) is 0 Å². The minimum absolute atomic E-state index is 0.0200. The van der Waals surface area contributed by atoms with Crippen LogP contribution in [0.25, 0.3) is 18.2 Å². The van der Waals surface area contributed by atoms with Gasteiger partial charge in [-0.25, -0.2) is 4.79 Å². The van der Waals surface area contributed by atoms with E-state index in [1.807, 2.05) is 0 Å². The minimum atomic E-state index is -1.08. The molecule has 0 unspecified atom stereocenters. The van der Waals surface area contributed by atoms with Crippen LogP contribution in [-0.4, -0.2) is 30.4 Å². The number of aromatic hydroxyl groups is 1. The van der Waals surface area contributed by atoms with Crippen LogP contribution in [0.5, 0.6) is 23.0 Å². The van der Waals surface area contributed by atoms with Crippen LogP contribution < -0.4 is 14.6 Å². The van der Waals surface area contributed by atoms with E-state index in [0.29, 0.717) is 16.9 Å². The molecular weight excluding hydrogens is 324 g/mol. The number of phenols is 1. The summed E-state index contributed by atoms with van der Waals surface area (Å²) in [7, 11) is 2.82. The number of hydrogen-bond donors (Lipinski definition) is 2. The molecule has 2 aromatic carbocycles. The summed E-state index contributed by atoms with van der Waals surface area (Å²) < 4.78 is 10.1. The Kier molecular flexibility index (Phi) is 5.68. The van der Waals surface area contributed by atoms with Gasteiger partial charge in [0.05, 0.1) is 14.2 Å². The normalized spacial score (nSPS) is 11.1. The van der Waals surface area contributed by atoms with Gasteiger partial charge in [0.25, 0.3) is 0 Å². The summed E-state index contributed by atoms with van der Waals surface area (Å²) in [6, 6.07) is 7.83. The van der Waals surface area contributed by atoms with Gasteiger partial charge in [0.15, 0.2) is 11.5 Å². The predicted molar refractivity (Wildman–Crippen MR) is 92.7 cm³/mol. The van der Waals surface area contributed by atoms with E-state index >= 15 is 0 Å². The second-order valence-electron chi connectivity index (χ2n) is 5.08. The van der Waals surface area contributed by atoms with Crippen molar-refractivity contribution in [1.82, 2.24) is 0 Å². The molecule has 0 saturated heterocycles. The summed E-state index contributed by atoms with van der Waals surface area (Å²) in [5.41, 5.74) is 1.60. The molecule has 6 nitrogen and oxygen atoms in total. The van der Waals surface area contributed by atoms with Crippen molar-refractivity contribution in [1.29, 1.82) is 0 Å². The maximum atomic E-state index is 12.3. The fourth-order valence-electron chi connectivity index (χ4n) is 2.17. The number of carbonyl (C=O) groups is 1. The first-order valence-corrected chi connectivity index (χ1v) is 7.29. The van der Waals surface area contributed by atoms with E-state index in [1.165, 1.54) is 32.4 Å². The highest BCUT2D eigenvalue weighted by atomic mass is 16.5. The molecule has 0 aliphatic carbocycles. The lowest BCUT2D eigenvalue weighted by atomic mass is 10.1. The van der Waals surface area contributed by atoms with Crippen molar-refractivity contribution in [3.8, 4) is 23.0 Å². The Morgan fingerprint density at radius 1 is 1.00 bits per heavy atom. The zero-order chi connectivity index (χ0) is 18.4. The van der Waals surface area contributed by atoms with Gasteiger partial charge in [-0.3, -0.25) is 0 Å². The SMILES string of the molecule is COc1cc(/C=C/c2cc(/C=C/C(=O)O)cc(OC)c2[O-])ccc1O. The van der Waals surface area contributed by atoms with Crippen LogP contribution in [-0.2, 0) is 4.79 Å². The number of rotatable bonds is 6. The van der Waals surface area contributed by atoms with E-state index in [1.54, 1.807) is 30.4 Å². The molecule has 25 heavy (non-hydrogen) atoms. The van der Waals surface area contributed by atoms with Crippen LogP contribution in [0.2, 0.25) is 0 Å². The zero-order valence-electron chi connectivity index (χ0n) is 13.7. The van der Waals surface area contributed by atoms with Crippen LogP contribution in [0.3, 0.4) is 0 Å². The monoisotopic (exact) mass is 341 g/mol. The maximum absolute atomic E-state index is 12.3. The van der Waals surface area contributed by atoms with E-state index in [-0.39, 0.29) is 17.2 Å². The fourth-order valence-corrected chi connectivity index (χ4v) is 2.17. The summed E-state index contributed by atoms with van der Waals surface area (Å²) in [5, 5.41) is 30.6. The van der Waals surface area contributed by atoms with E-state index in [4.69, 9.17) is 14.6 Å². The summed E-state index contributed by atoms with van der Waals surface area (Å²) in [4.78, 5) is 10.7. The number of phenolic OH excluding ortho intramolecular Hbond substituents is 1. The number of carboxylic acid groups (broad SMARTS) is 1. The Balaban J connectivity index is 2.40. The van der Waals surface area contributed by atoms with Crippen LogP contribution in [0, 0.1) is 0 Å². The third-order valence-electron chi connectivity index (χ3n) is 3.40. The van der Waals surface area contributed by atoms with Gasteiger partial charge in [0.2, 0.25) is 0 Å². The summed E-state index contributed by atoms with van der Waals surface area (Å²) in [5.74, 6) is -0.933. The Bertz CT molecular complexity index is 836. The lowest BCUT2D eigenvalue weighted by molar-refractivity contribution is -0.270. The first kappa shape index (κ1) is 17.9. The molecule has 0 fully saturated rings. The lowest BCUT2D eigenvalue weighted by Crippen LogP contribution is -1.99. The Morgan fingerprint density at radius 3 is 2.32 bits per heavy atom. The van der Waals surface area contributed by atoms with Crippen molar-refractivity contribution >= 4 is 24.2 Å². The van der Waals surface area contributed by atoms with E-state index in [9.17, 15) is 15.0 Å². The van der Waals surface area contributed by atoms with Gasteiger partial charge >= 0.3 is 5.97 Å². The van der Waals surface area contributed by atoms with E-state index < -0.39 is 5.97 Å². The number of carboxylic acids is 1. The molecular formula is C19H17O6-. The quantitative estimate of drug-likeness (QED) is 0.619. The molecule has 0 aliphatic heterocycles.